The standard InChI is InChI=1S/C13H16N2O2S/c1-18-9-3-7-14-13(17)12-6-5-11(10-15-12)4-2-8-16/h5-6,10,16H,3,7-9H2,1H3,(H,14,17). The van der Waals surface area contributed by atoms with Crippen LogP contribution in [0.5, 0.6) is 0 Å². The first kappa shape index (κ1) is 14.6. The molecule has 1 heterocycles. The van der Waals surface area contributed by atoms with Crippen molar-refractivity contribution in [3.05, 3.63) is 29.6 Å². The zero-order valence-corrected chi connectivity index (χ0v) is 11.1. The van der Waals surface area contributed by atoms with Crippen molar-refractivity contribution < 1.29 is 9.90 Å². The lowest BCUT2D eigenvalue weighted by Crippen LogP contribution is -2.25. The number of nitrogens with one attached hydrogen (secondary N) is 1. The highest BCUT2D eigenvalue weighted by Gasteiger charge is 2.05. The van der Waals surface area contributed by atoms with Gasteiger partial charge in [0.25, 0.3) is 5.91 Å². The first-order valence-electron chi connectivity index (χ1n) is 5.61. The van der Waals surface area contributed by atoms with Gasteiger partial charge in [0.2, 0.25) is 0 Å². The van der Waals surface area contributed by atoms with Crippen LogP contribution in [0.3, 0.4) is 0 Å². The maximum atomic E-state index is 11.7. The Balaban J connectivity index is 2.48. The van der Waals surface area contributed by atoms with Crippen LogP contribution in [0.4, 0.5) is 0 Å². The Kier molecular flexibility index (Phi) is 6.92. The number of carbonyl (C=O) groups excluding carboxylic acids is 1. The van der Waals surface area contributed by atoms with Gasteiger partial charge in [-0.2, -0.15) is 11.8 Å². The minimum atomic E-state index is -0.183. The van der Waals surface area contributed by atoms with Crippen molar-refractivity contribution in [3.63, 3.8) is 0 Å². The highest BCUT2D eigenvalue weighted by molar-refractivity contribution is 7.98. The van der Waals surface area contributed by atoms with Crippen molar-refractivity contribution in [3.8, 4) is 11.8 Å². The van der Waals surface area contributed by atoms with E-state index in [4.69, 9.17) is 5.11 Å². The van der Waals surface area contributed by atoms with E-state index in [9.17, 15) is 4.79 Å². The average molecular weight is 264 g/mol. The molecule has 5 heteroatoms. The molecule has 1 amide bonds. The molecule has 18 heavy (non-hydrogen) atoms. The minimum Gasteiger partial charge on any atom is -0.384 e. The molecule has 0 atom stereocenters. The van der Waals surface area contributed by atoms with Crippen LogP contribution in [-0.2, 0) is 0 Å². The summed E-state index contributed by atoms with van der Waals surface area (Å²) in [5.74, 6) is 6.11. The largest absolute Gasteiger partial charge is 0.384 e. The van der Waals surface area contributed by atoms with E-state index in [2.05, 4.69) is 22.1 Å². The molecule has 0 bridgehead atoms. The Morgan fingerprint density at radius 3 is 3.00 bits per heavy atom. The van der Waals surface area contributed by atoms with E-state index in [1.165, 1.54) is 6.20 Å². The predicted molar refractivity (Wildman–Crippen MR) is 73.5 cm³/mol. The molecule has 0 saturated heterocycles. The third-order valence-electron chi connectivity index (χ3n) is 2.12. The molecule has 0 radical (unpaired) electrons. The van der Waals surface area contributed by atoms with Crippen LogP contribution in [0.1, 0.15) is 22.5 Å². The van der Waals surface area contributed by atoms with Crippen molar-refractivity contribution >= 4 is 17.7 Å². The summed E-state index contributed by atoms with van der Waals surface area (Å²) in [6.07, 6.45) is 4.52. The highest BCUT2D eigenvalue weighted by Crippen LogP contribution is 1.99. The lowest BCUT2D eigenvalue weighted by molar-refractivity contribution is 0.0949. The number of nitrogens with zero attached hydrogens (tertiary/aromatic N) is 1. The highest BCUT2D eigenvalue weighted by atomic mass is 32.2. The molecule has 0 aromatic carbocycles. The molecule has 0 aliphatic heterocycles. The number of amides is 1. The van der Waals surface area contributed by atoms with Crippen LogP contribution in [0, 0.1) is 11.8 Å². The summed E-state index contributed by atoms with van der Waals surface area (Å²) in [5.41, 5.74) is 1.07. The first-order chi connectivity index (χ1) is 8.77. The van der Waals surface area contributed by atoms with Crippen LogP contribution in [-0.4, -0.2) is 41.2 Å². The minimum absolute atomic E-state index is 0.169. The molecule has 0 aliphatic rings. The van der Waals surface area contributed by atoms with Crippen molar-refractivity contribution in [1.29, 1.82) is 0 Å². The summed E-state index contributed by atoms with van der Waals surface area (Å²) in [5, 5.41) is 11.4. The fourth-order valence-corrected chi connectivity index (χ4v) is 1.69. The van der Waals surface area contributed by atoms with Crippen molar-refractivity contribution in [2.45, 2.75) is 6.42 Å². The zero-order valence-electron chi connectivity index (χ0n) is 10.3. The number of aliphatic hydroxyl groups excluding tert-OH is 1. The van der Waals surface area contributed by atoms with E-state index in [0.717, 1.165) is 12.2 Å². The number of hydrogen-bond donors (Lipinski definition) is 2. The van der Waals surface area contributed by atoms with Crippen LogP contribution in [0.25, 0.3) is 0 Å². The molecule has 0 aliphatic carbocycles. The van der Waals surface area contributed by atoms with Crippen LogP contribution >= 0.6 is 11.8 Å². The van der Waals surface area contributed by atoms with Gasteiger partial charge in [0.15, 0.2) is 0 Å². The first-order valence-corrected chi connectivity index (χ1v) is 7.00. The summed E-state index contributed by atoms with van der Waals surface area (Å²) in [6.45, 7) is 0.477. The molecule has 96 valence electrons. The normalized spacial score (nSPS) is 9.44. The summed E-state index contributed by atoms with van der Waals surface area (Å²) in [6, 6.07) is 3.34. The van der Waals surface area contributed by atoms with Crippen LogP contribution < -0.4 is 5.32 Å². The molecule has 1 aromatic rings. The zero-order chi connectivity index (χ0) is 13.2. The Morgan fingerprint density at radius 1 is 1.56 bits per heavy atom. The van der Waals surface area contributed by atoms with E-state index >= 15 is 0 Å². The topological polar surface area (TPSA) is 62.2 Å². The smallest absolute Gasteiger partial charge is 0.269 e. The Bertz CT molecular complexity index is 435. The Morgan fingerprint density at radius 2 is 2.39 bits per heavy atom. The van der Waals surface area contributed by atoms with Gasteiger partial charge < -0.3 is 10.4 Å². The number of pyridine rings is 1. The second-order valence-electron chi connectivity index (χ2n) is 3.49. The van der Waals surface area contributed by atoms with Gasteiger partial charge >= 0.3 is 0 Å². The van der Waals surface area contributed by atoms with Crippen molar-refractivity contribution in [1.82, 2.24) is 10.3 Å². The van der Waals surface area contributed by atoms with Gasteiger partial charge in [-0.1, -0.05) is 11.8 Å². The average Bonchev–Trinajstić information content (AvgIpc) is 2.41. The van der Waals surface area contributed by atoms with E-state index in [-0.39, 0.29) is 12.5 Å². The van der Waals surface area contributed by atoms with Gasteiger partial charge in [0.1, 0.15) is 12.3 Å². The quantitative estimate of drug-likeness (QED) is 0.613. The Labute approximate surface area is 111 Å². The molecular weight excluding hydrogens is 248 g/mol. The maximum Gasteiger partial charge on any atom is 0.269 e. The molecule has 1 aromatic heterocycles. The van der Waals surface area contributed by atoms with Crippen LogP contribution in [0.15, 0.2) is 18.3 Å². The fraction of sp³-hybridized carbons (Fsp3) is 0.385. The second-order valence-corrected chi connectivity index (χ2v) is 4.48. The summed E-state index contributed by atoms with van der Waals surface area (Å²) in [7, 11) is 0. The van der Waals surface area contributed by atoms with Gasteiger partial charge in [0, 0.05) is 18.3 Å². The molecule has 0 unspecified atom stereocenters. The molecule has 4 nitrogen and oxygen atoms in total. The van der Waals surface area contributed by atoms with E-state index in [1.54, 1.807) is 23.9 Å². The van der Waals surface area contributed by atoms with Gasteiger partial charge in [-0.25, -0.2) is 4.98 Å². The number of aromatic nitrogens is 1. The molecule has 1 rings (SSSR count). The number of hydrogen-bond acceptors (Lipinski definition) is 4. The summed E-state index contributed by atoms with van der Waals surface area (Å²) < 4.78 is 0. The van der Waals surface area contributed by atoms with Crippen LogP contribution in [0.2, 0.25) is 0 Å². The van der Waals surface area contributed by atoms with Crippen molar-refractivity contribution in [2.75, 3.05) is 25.2 Å². The number of rotatable bonds is 5. The monoisotopic (exact) mass is 264 g/mol. The molecule has 2 N–H and O–H groups in total. The second kappa shape index (κ2) is 8.56. The predicted octanol–water partition coefficient (Wildman–Crippen LogP) is 0.908. The molecule has 0 saturated carbocycles. The summed E-state index contributed by atoms with van der Waals surface area (Å²) in [4.78, 5) is 15.7. The summed E-state index contributed by atoms with van der Waals surface area (Å²) >= 11 is 1.76. The van der Waals surface area contributed by atoms with E-state index < -0.39 is 0 Å². The van der Waals surface area contributed by atoms with E-state index in [0.29, 0.717) is 17.8 Å². The van der Waals surface area contributed by atoms with Crippen molar-refractivity contribution in [2.24, 2.45) is 0 Å². The number of aliphatic hydroxyl groups is 1. The van der Waals surface area contributed by atoms with Gasteiger partial charge in [-0.15, -0.1) is 0 Å². The van der Waals surface area contributed by atoms with Gasteiger partial charge in [0.05, 0.1) is 0 Å². The van der Waals surface area contributed by atoms with E-state index in [1.807, 2.05) is 6.26 Å². The lowest BCUT2D eigenvalue weighted by atomic mass is 10.2. The molecular formula is C13H16N2O2S. The third-order valence-corrected chi connectivity index (χ3v) is 2.82. The Hall–Kier alpha value is -1.51. The fourth-order valence-electron chi connectivity index (χ4n) is 1.25. The lowest BCUT2D eigenvalue weighted by Gasteiger charge is -2.03. The number of carbonyl (C=O) groups is 1. The van der Waals surface area contributed by atoms with Gasteiger partial charge in [-0.05, 0) is 30.6 Å². The SMILES string of the molecule is CSCCCNC(=O)c1ccc(C#CCO)cn1. The molecule has 0 spiro atoms. The maximum absolute atomic E-state index is 11.7. The molecule has 0 fully saturated rings. The third kappa shape index (κ3) is 5.21. The number of thioether (sulfide) groups is 1. The van der Waals surface area contributed by atoms with Gasteiger partial charge in [-0.3, -0.25) is 4.79 Å².